The van der Waals surface area contributed by atoms with Gasteiger partial charge in [0.25, 0.3) is 0 Å². The van der Waals surface area contributed by atoms with Crippen LogP contribution < -0.4 is 0 Å². The van der Waals surface area contributed by atoms with E-state index in [0.717, 1.165) is 32.1 Å². The predicted molar refractivity (Wildman–Crippen MR) is 78.2 cm³/mol. The summed E-state index contributed by atoms with van der Waals surface area (Å²) in [7, 11) is 0. The lowest BCUT2D eigenvalue weighted by Gasteiger charge is -2.60. The molecule has 1 heterocycles. The van der Waals surface area contributed by atoms with Crippen molar-refractivity contribution in [2.45, 2.75) is 51.7 Å². The van der Waals surface area contributed by atoms with Gasteiger partial charge in [-0.25, -0.2) is 0 Å². The van der Waals surface area contributed by atoms with Crippen LogP contribution >= 0.6 is 0 Å². The number of hydrogen-bond donors (Lipinski definition) is 1. The van der Waals surface area contributed by atoms with Crippen LogP contribution in [0, 0.1) is 22.7 Å². The Morgan fingerprint density at radius 1 is 1.25 bits per heavy atom. The Kier molecular flexibility index (Phi) is 3.51. The molecule has 1 aliphatic heterocycles. The van der Waals surface area contributed by atoms with E-state index in [2.05, 4.69) is 26.5 Å². The molecule has 1 spiro atoms. The zero-order valence-corrected chi connectivity index (χ0v) is 12.9. The van der Waals surface area contributed by atoms with Gasteiger partial charge in [-0.15, -0.1) is 6.58 Å². The fraction of sp³-hybridized carbons (Fsp3) is 0.882. The topological polar surface area (TPSA) is 38.7 Å². The van der Waals surface area contributed by atoms with Gasteiger partial charge in [0.2, 0.25) is 0 Å². The molecule has 3 fully saturated rings. The van der Waals surface area contributed by atoms with Crippen molar-refractivity contribution in [1.29, 1.82) is 0 Å². The lowest BCUT2D eigenvalue weighted by Crippen LogP contribution is -2.57. The summed E-state index contributed by atoms with van der Waals surface area (Å²) in [6.45, 7) is 10.4. The third-order valence-corrected chi connectivity index (χ3v) is 6.63. The minimum absolute atomic E-state index is 0.0575. The Hall–Kier alpha value is -0.380. The molecule has 1 saturated heterocycles. The normalized spacial score (nSPS) is 47.1. The van der Waals surface area contributed by atoms with Crippen LogP contribution in [0.25, 0.3) is 0 Å². The van der Waals surface area contributed by atoms with Crippen molar-refractivity contribution in [2.75, 3.05) is 19.8 Å². The third-order valence-electron chi connectivity index (χ3n) is 6.63. The first-order valence-corrected chi connectivity index (χ1v) is 8.03. The second-order valence-electron chi connectivity index (χ2n) is 7.41. The molecule has 3 nitrogen and oxygen atoms in total. The summed E-state index contributed by atoms with van der Waals surface area (Å²) < 4.78 is 11.9. The molecule has 20 heavy (non-hydrogen) atoms. The first-order chi connectivity index (χ1) is 9.50. The van der Waals surface area contributed by atoms with Crippen LogP contribution in [0.4, 0.5) is 0 Å². The number of allylic oxidation sites excluding steroid dienone is 1. The highest BCUT2D eigenvalue weighted by atomic mass is 16.7. The van der Waals surface area contributed by atoms with Crippen LogP contribution in [-0.4, -0.2) is 30.7 Å². The highest BCUT2D eigenvalue weighted by Gasteiger charge is 2.59. The van der Waals surface area contributed by atoms with Gasteiger partial charge in [0.05, 0.1) is 13.2 Å². The maximum atomic E-state index is 10.2. The first kappa shape index (κ1) is 14.6. The van der Waals surface area contributed by atoms with E-state index in [-0.39, 0.29) is 17.4 Å². The standard InChI is InChI=1S/C17H28O3/c1-4-15(3)13(2)5-7-16(12-18)11-17(8-6-14(15)16)19-9-10-20-17/h4,13-14,18H,1,5-12H2,2-3H3/t13-,14-,15+,16+/m1/s1. The molecule has 0 radical (unpaired) electrons. The van der Waals surface area contributed by atoms with Gasteiger partial charge in [-0.1, -0.05) is 19.9 Å². The van der Waals surface area contributed by atoms with E-state index in [0.29, 0.717) is 25.0 Å². The Balaban J connectivity index is 1.94. The first-order valence-electron chi connectivity index (χ1n) is 8.03. The van der Waals surface area contributed by atoms with Crippen molar-refractivity contribution in [2.24, 2.45) is 22.7 Å². The van der Waals surface area contributed by atoms with Crippen LogP contribution in [0.3, 0.4) is 0 Å². The Labute approximate surface area is 122 Å². The monoisotopic (exact) mass is 280 g/mol. The van der Waals surface area contributed by atoms with Crippen molar-refractivity contribution in [3.63, 3.8) is 0 Å². The summed E-state index contributed by atoms with van der Waals surface area (Å²) >= 11 is 0. The zero-order valence-electron chi connectivity index (χ0n) is 12.9. The molecule has 0 aromatic rings. The van der Waals surface area contributed by atoms with E-state index in [1.165, 1.54) is 0 Å². The molecule has 4 atom stereocenters. The average Bonchev–Trinajstić information content (AvgIpc) is 2.91. The van der Waals surface area contributed by atoms with Gasteiger partial charge >= 0.3 is 0 Å². The molecule has 3 heteroatoms. The SMILES string of the molecule is C=C[C@@]1(C)[C@H](C)CC[C@@]2(CO)CC3(CC[C@@H]21)OCCO3. The summed E-state index contributed by atoms with van der Waals surface area (Å²) in [4.78, 5) is 0. The maximum Gasteiger partial charge on any atom is 0.169 e. The smallest absolute Gasteiger partial charge is 0.169 e. The van der Waals surface area contributed by atoms with E-state index >= 15 is 0 Å². The van der Waals surface area contributed by atoms with Gasteiger partial charge in [-0.3, -0.25) is 0 Å². The van der Waals surface area contributed by atoms with Gasteiger partial charge in [0.1, 0.15) is 0 Å². The number of fused-ring (bicyclic) bond motifs is 1. The Morgan fingerprint density at radius 2 is 1.95 bits per heavy atom. The van der Waals surface area contributed by atoms with Gasteiger partial charge in [0.15, 0.2) is 5.79 Å². The van der Waals surface area contributed by atoms with Crippen molar-refractivity contribution >= 4 is 0 Å². The molecule has 0 aromatic carbocycles. The second-order valence-corrected chi connectivity index (χ2v) is 7.41. The van der Waals surface area contributed by atoms with Crippen molar-refractivity contribution in [1.82, 2.24) is 0 Å². The molecule has 2 saturated carbocycles. The van der Waals surface area contributed by atoms with Crippen LogP contribution in [0.5, 0.6) is 0 Å². The summed E-state index contributed by atoms with van der Waals surface area (Å²) in [5, 5.41) is 10.2. The molecule has 3 aliphatic rings. The highest BCUT2D eigenvalue weighted by molar-refractivity contribution is 5.12. The number of aliphatic hydroxyl groups excluding tert-OH is 1. The summed E-state index contributed by atoms with van der Waals surface area (Å²) in [5.41, 5.74) is 0.0548. The van der Waals surface area contributed by atoms with Crippen LogP contribution in [0.2, 0.25) is 0 Å². The van der Waals surface area contributed by atoms with E-state index < -0.39 is 5.79 Å². The molecular formula is C17H28O3. The molecule has 0 bridgehead atoms. The van der Waals surface area contributed by atoms with Crippen LogP contribution in [0.15, 0.2) is 12.7 Å². The summed E-state index contributed by atoms with van der Waals surface area (Å²) in [6, 6.07) is 0. The number of hydrogen-bond acceptors (Lipinski definition) is 3. The van der Waals surface area contributed by atoms with Crippen LogP contribution in [-0.2, 0) is 9.47 Å². The fourth-order valence-electron chi connectivity index (χ4n) is 5.14. The minimum atomic E-state index is -0.415. The van der Waals surface area contributed by atoms with E-state index in [1.807, 2.05) is 0 Å². The molecule has 0 amide bonds. The van der Waals surface area contributed by atoms with Gasteiger partial charge in [0, 0.05) is 24.9 Å². The van der Waals surface area contributed by atoms with Gasteiger partial charge < -0.3 is 14.6 Å². The third kappa shape index (κ3) is 1.90. The maximum absolute atomic E-state index is 10.2. The zero-order chi connectivity index (χ0) is 14.4. The highest BCUT2D eigenvalue weighted by Crippen LogP contribution is 2.62. The molecule has 0 unspecified atom stereocenters. The Bertz CT molecular complexity index is 388. The summed E-state index contributed by atoms with van der Waals surface area (Å²) in [5.74, 6) is 0.700. The number of aliphatic hydroxyl groups is 1. The minimum Gasteiger partial charge on any atom is -0.396 e. The largest absolute Gasteiger partial charge is 0.396 e. The average molecular weight is 280 g/mol. The molecule has 3 rings (SSSR count). The molecule has 114 valence electrons. The van der Waals surface area contributed by atoms with Crippen molar-refractivity contribution in [3.05, 3.63) is 12.7 Å². The van der Waals surface area contributed by atoms with Gasteiger partial charge in [-0.2, -0.15) is 0 Å². The lowest BCUT2D eigenvalue weighted by atomic mass is 9.47. The quantitative estimate of drug-likeness (QED) is 0.790. The number of ether oxygens (including phenoxy) is 2. The molecule has 0 aromatic heterocycles. The number of rotatable bonds is 2. The predicted octanol–water partition coefficient (Wildman–Crippen LogP) is 3.13. The van der Waals surface area contributed by atoms with Gasteiger partial charge in [-0.05, 0) is 36.5 Å². The Morgan fingerprint density at radius 3 is 2.55 bits per heavy atom. The molecule has 1 N–H and O–H groups in total. The molecule has 2 aliphatic carbocycles. The van der Waals surface area contributed by atoms with E-state index in [9.17, 15) is 5.11 Å². The molecular weight excluding hydrogens is 252 g/mol. The van der Waals surface area contributed by atoms with Crippen molar-refractivity contribution < 1.29 is 14.6 Å². The lowest BCUT2D eigenvalue weighted by molar-refractivity contribution is -0.240. The summed E-state index contributed by atoms with van der Waals surface area (Å²) in [6.07, 6.45) is 7.23. The fourth-order valence-corrected chi connectivity index (χ4v) is 5.14. The van der Waals surface area contributed by atoms with Crippen molar-refractivity contribution in [3.8, 4) is 0 Å². The second kappa shape index (κ2) is 4.82. The van der Waals surface area contributed by atoms with E-state index in [1.54, 1.807) is 0 Å². The van der Waals surface area contributed by atoms with E-state index in [4.69, 9.17) is 9.47 Å². The van der Waals surface area contributed by atoms with Crippen LogP contribution in [0.1, 0.15) is 46.0 Å².